The van der Waals surface area contributed by atoms with Crippen LogP contribution < -0.4 is 10.9 Å². The van der Waals surface area contributed by atoms with Crippen molar-refractivity contribution < 1.29 is 14.3 Å². The highest BCUT2D eigenvalue weighted by molar-refractivity contribution is 7.15. The number of likely N-dealkylation sites (N-methyl/N-ethyl adjacent to an activating group) is 1. The number of nitrogens with zero attached hydrogens (tertiary/aromatic N) is 2. The number of para-hydroxylation sites is 1. The monoisotopic (exact) mass is 490 g/mol. The molecule has 4 rings (SSSR count). The minimum atomic E-state index is -0.566. The second kappa shape index (κ2) is 10.6. The molecule has 35 heavy (non-hydrogen) atoms. The molecule has 4 aromatic rings. The number of fused-ring (bicyclic) bond motifs is 1. The van der Waals surface area contributed by atoms with Gasteiger partial charge in [0.2, 0.25) is 5.91 Å². The van der Waals surface area contributed by atoms with Crippen LogP contribution >= 0.6 is 11.3 Å². The number of carbonyl (C=O) groups excluding carboxylic acids is 2. The third-order valence-electron chi connectivity index (χ3n) is 5.69. The van der Waals surface area contributed by atoms with Gasteiger partial charge in [-0.1, -0.05) is 42.5 Å². The van der Waals surface area contributed by atoms with E-state index < -0.39 is 12.0 Å². The molecule has 0 saturated carbocycles. The molecule has 8 nitrogen and oxygen atoms in total. The highest BCUT2D eigenvalue weighted by atomic mass is 32.1. The van der Waals surface area contributed by atoms with Crippen LogP contribution in [0.1, 0.15) is 30.0 Å². The summed E-state index contributed by atoms with van der Waals surface area (Å²) in [4.78, 5) is 47.3. The lowest BCUT2D eigenvalue weighted by atomic mass is 10.0. The van der Waals surface area contributed by atoms with E-state index in [1.165, 1.54) is 11.3 Å². The summed E-state index contributed by atoms with van der Waals surface area (Å²) in [7, 11) is 1.77. The van der Waals surface area contributed by atoms with Gasteiger partial charge in [0.1, 0.15) is 16.4 Å². The number of hydrogen-bond acceptors (Lipinski definition) is 7. The Kier molecular flexibility index (Phi) is 7.38. The van der Waals surface area contributed by atoms with E-state index >= 15 is 0 Å². The SMILES string of the molecule is CCOC(=O)c1c(-c2ccccc2)csc1NC(=O)C(C)N(C)Cc1nc2ccccc2c(=O)[nH]1. The first kappa shape index (κ1) is 24.3. The van der Waals surface area contributed by atoms with Crippen molar-refractivity contribution in [3.63, 3.8) is 0 Å². The van der Waals surface area contributed by atoms with Crippen LogP contribution in [-0.4, -0.2) is 46.4 Å². The number of aromatic amines is 1. The van der Waals surface area contributed by atoms with Gasteiger partial charge in [0, 0.05) is 10.9 Å². The summed E-state index contributed by atoms with van der Waals surface area (Å²) >= 11 is 1.28. The lowest BCUT2D eigenvalue weighted by molar-refractivity contribution is -0.120. The fraction of sp³-hybridized carbons (Fsp3) is 0.231. The van der Waals surface area contributed by atoms with E-state index in [0.29, 0.717) is 32.9 Å². The Morgan fingerprint density at radius 2 is 1.86 bits per heavy atom. The molecule has 2 aromatic carbocycles. The molecule has 0 fully saturated rings. The maximum atomic E-state index is 13.1. The number of hydrogen-bond donors (Lipinski definition) is 2. The average Bonchev–Trinajstić information content (AvgIpc) is 3.27. The third kappa shape index (κ3) is 5.31. The van der Waals surface area contributed by atoms with E-state index in [1.807, 2.05) is 41.8 Å². The molecule has 0 aliphatic rings. The van der Waals surface area contributed by atoms with Gasteiger partial charge in [0.25, 0.3) is 5.56 Å². The number of esters is 1. The first-order valence-electron chi connectivity index (χ1n) is 11.2. The number of ether oxygens (including phenoxy) is 1. The molecular weight excluding hydrogens is 464 g/mol. The van der Waals surface area contributed by atoms with E-state index in [9.17, 15) is 14.4 Å². The minimum Gasteiger partial charge on any atom is -0.462 e. The van der Waals surface area contributed by atoms with Gasteiger partial charge in [-0.05, 0) is 38.6 Å². The molecule has 2 N–H and O–H groups in total. The van der Waals surface area contributed by atoms with E-state index in [1.54, 1.807) is 44.0 Å². The highest BCUT2D eigenvalue weighted by Crippen LogP contribution is 2.36. The van der Waals surface area contributed by atoms with Crippen LogP contribution in [0.5, 0.6) is 0 Å². The molecule has 2 aromatic heterocycles. The Morgan fingerprint density at radius 1 is 1.14 bits per heavy atom. The number of benzene rings is 2. The number of rotatable bonds is 8. The predicted molar refractivity (Wildman–Crippen MR) is 138 cm³/mol. The van der Waals surface area contributed by atoms with Gasteiger partial charge in [0.15, 0.2) is 0 Å². The van der Waals surface area contributed by atoms with Crippen LogP contribution in [0.25, 0.3) is 22.0 Å². The fourth-order valence-electron chi connectivity index (χ4n) is 3.69. The molecule has 0 radical (unpaired) electrons. The maximum absolute atomic E-state index is 13.1. The first-order valence-corrected chi connectivity index (χ1v) is 12.1. The molecule has 2 heterocycles. The van der Waals surface area contributed by atoms with Crippen LogP contribution in [-0.2, 0) is 16.1 Å². The summed E-state index contributed by atoms with van der Waals surface area (Å²) in [6.07, 6.45) is 0. The highest BCUT2D eigenvalue weighted by Gasteiger charge is 2.26. The summed E-state index contributed by atoms with van der Waals surface area (Å²) < 4.78 is 5.27. The van der Waals surface area contributed by atoms with Gasteiger partial charge >= 0.3 is 5.97 Å². The average molecular weight is 491 g/mol. The molecule has 0 aliphatic carbocycles. The van der Waals surface area contributed by atoms with Crippen molar-refractivity contribution in [2.45, 2.75) is 26.4 Å². The first-order chi connectivity index (χ1) is 16.9. The van der Waals surface area contributed by atoms with Crippen molar-refractivity contribution in [3.05, 3.63) is 81.7 Å². The zero-order valence-corrected chi connectivity index (χ0v) is 20.5. The van der Waals surface area contributed by atoms with Crippen molar-refractivity contribution >= 4 is 39.1 Å². The van der Waals surface area contributed by atoms with Crippen LogP contribution in [0.3, 0.4) is 0 Å². The molecule has 9 heteroatoms. The van der Waals surface area contributed by atoms with Crippen LogP contribution in [0.2, 0.25) is 0 Å². The van der Waals surface area contributed by atoms with E-state index in [-0.39, 0.29) is 24.6 Å². The van der Waals surface area contributed by atoms with E-state index in [2.05, 4.69) is 15.3 Å². The Hall–Kier alpha value is -3.82. The van der Waals surface area contributed by atoms with Crippen LogP contribution in [0, 0.1) is 0 Å². The van der Waals surface area contributed by atoms with Gasteiger partial charge in [-0.2, -0.15) is 0 Å². The van der Waals surface area contributed by atoms with Crippen molar-refractivity contribution in [1.82, 2.24) is 14.9 Å². The zero-order chi connectivity index (χ0) is 24.9. The van der Waals surface area contributed by atoms with Gasteiger partial charge in [0.05, 0.1) is 30.1 Å². The van der Waals surface area contributed by atoms with E-state index in [0.717, 1.165) is 5.56 Å². The normalized spacial score (nSPS) is 12.0. The second-order valence-electron chi connectivity index (χ2n) is 8.05. The molecular formula is C26H26N4O4S. The lowest BCUT2D eigenvalue weighted by Gasteiger charge is -2.23. The van der Waals surface area contributed by atoms with Crippen molar-refractivity contribution in [2.24, 2.45) is 0 Å². The molecule has 0 aliphatic heterocycles. The predicted octanol–water partition coefficient (Wildman–Crippen LogP) is 4.29. The number of anilines is 1. The summed E-state index contributed by atoms with van der Waals surface area (Å²) in [6, 6.07) is 16.0. The molecule has 1 atom stereocenters. The summed E-state index contributed by atoms with van der Waals surface area (Å²) in [5.74, 6) is -0.310. The van der Waals surface area contributed by atoms with Gasteiger partial charge in [-0.15, -0.1) is 11.3 Å². The Morgan fingerprint density at radius 3 is 2.60 bits per heavy atom. The number of H-pyrrole nitrogens is 1. The number of nitrogens with one attached hydrogen (secondary N) is 2. The molecule has 0 saturated heterocycles. The lowest BCUT2D eigenvalue weighted by Crippen LogP contribution is -2.39. The number of aromatic nitrogens is 2. The largest absolute Gasteiger partial charge is 0.462 e. The molecule has 0 spiro atoms. The van der Waals surface area contributed by atoms with Gasteiger partial charge < -0.3 is 15.0 Å². The summed E-state index contributed by atoms with van der Waals surface area (Å²) in [5.41, 5.74) is 2.30. The fourth-order valence-corrected chi connectivity index (χ4v) is 4.65. The molecule has 180 valence electrons. The standard InChI is InChI=1S/C26H26N4O4S/c1-4-34-26(33)22-19(17-10-6-5-7-11-17)15-35-25(22)29-23(31)16(2)30(3)14-21-27-20-13-9-8-12-18(20)24(32)28-21/h5-13,15-16H,4,14H2,1-3H3,(H,29,31)(H,27,28,32). The molecule has 1 amide bonds. The summed E-state index contributed by atoms with van der Waals surface area (Å²) in [6.45, 7) is 3.99. The zero-order valence-electron chi connectivity index (χ0n) is 19.7. The van der Waals surface area contributed by atoms with Crippen LogP contribution in [0.4, 0.5) is 5.00 Å². The Bertz CT molecular complexity index is 1410. The molecule has 1 unspecified atom stereocenters. The molecule has 0 bridgehead atoms. The van der Waals surface area contributed by atoms with E-state index in [4.69, 9.17) is 4.74 Å². The minimum absolute atomic E-state index is 0.220. The number of thiophene rings is 1. The number of amides is 1. The number of carbonyl (C=O) groups is 2. The Balaban J connectivity index is 1.53. The quantitative estimate of drug-likeness (QED) is 0.357. The third-order valence-corrected chi connectivity index (χ3v) is 6.59. The summed E-state index contributed by atoms with van der Waals surface area (Å²) in [5, 5.41) is 5.69. The Labute approximate surface area is 206 Å². The topological polar surface area (TPSA) is 104 Å². The maximum Gasteiger partial charge on any atom is 0.341 e. The smallest absolute Gasteiger partial charge is 0.341 e. The van der Waals surface area contributed by atoms with Crippen molar-refractivity contribution in [2.75, 3.05) is 19.0 Å². The van der Waals surface area contributed by atoms with Crippen molar-refractivity contribution in [3.8, 4) is 11.1 Å². The van der Waals surface area contributed by atoms with Crippen molar-refractivity contribution in [1.29, 1.82) is 0 Å². The second-order valence-corrected chi connectivity index (χ2v) is 8.93. The van der Waals surface area contributed by atoms with Gasteiger partial charge in [-0.3, -0.25) is 14.5 Å². The van der Waals surface area contributed by atoms with Gasteiger partial charge in [-0.25, -0.2) is 9.78 Å². The van der Waals surface area contributed by atoms with Crippen LogP contribution in [0.15, 0.2) is 64.8 Å².